The van der Waals surface area contributed by atoms with Gasteiger partial charge in [-0.2, -0.15) is 0 Å². The number of aromatic nitrogens is 2. The van der Waals surface area contributed by atoms with Crippen molar-refractivity contribution >= 4 is 23.7 Å². The van der Waals surface area contributed by atoms with Gasteiger partial charge in [0.15, 0.2) is 0 Å². The van der Waals surface area contributed by atoms with Crippen LogP contribution in [0.2, 0.25) is 0 Å². The number of H-pyrrole nitrogens is 1. The van der Waals surface area contributed by atoms with Gasteiger partial charge in [0, 0.05) is 18.3 Å². The first kappa shape index (κ1) is 27.0. The molecule has 0 aliphatic heterocycles. The van der Waals surface area contributed by atoms with E-state index in [9.17, 15) is 24.3 Å². The molecule has 0 saturated carbocycles. The molecule has 0 spiro atoms. The summed E-state index contributed by atoms with van der Waals surface area (Å²) in [7, 11) is 0. The van der Waals surface area contributed by atoms with E-state index in [1.807, 2.05) is 13.8 Å². The zero-order valence-electron chi connectivity index (χ0n) is 18.6. The Kier molecular flexibility index (Phi) is 12.0. The van der Waals surface area contributed by atoms with Crippen molar-refractivity contribution < 1.29 is 24.3 Å². The van der Waals surface area contributed by atoms with Crippen molar-refractivity contribution in [2.45, 2.75) is 64.1 Å². The van der Waals surface area contributed by atoms with E-state index in [0.29, 0.717) is 31.5 Å². The number of carboxylic acid groups (broad SMARTS) is 1. The Balaban J connectivity index is 2.92. The van der Waals surface area contributed by atoms with E-state index < -0.39 is 41.8 Å². The molecule has 0 saturated heterocycles. The van der Waals surface area contributed by atoms with Gasteiger partial charge in [-0.3, -0.25) is 14.4 Å². The van der Waals surface area contributed by atoms with Crippen LogP contribution < -0.4 is 27.4 Å². The van der Waals surface area contributed by atoms with Crippen molar-refractivity contribution in [1.29, 1.82) is 0 Å². The van der Waals surface area contributed by atoms with Gasteiger partial charge in [-0.15, -0.1) is 0 Å². The number of aromatic amines is 1. The molecule has 1 heterocycles. The van der Waals surface area contributed by atoms with Crippen molar-refractivity contribution in [2.24, 2.45) is 17.4 Å². The number of hydrogen-bond donors (Lipinski definition) is 7. The smallest absolute Gasteiger partial charge is 0.326 e. The molecule has 1 rings (SSSR count). The minimum Gasteiger partial charge on any atom is -0.480 e. The molecule has 12 heteroatoms. The fourth-order valence-corrected chi connectivity index (χ4v) is 3.08. The summed E-state index contributed by atoms with van der Waals surface area (Å²) >= 11 is 0. The molecule has 0 aliphatic rings. The zero-order valence-corrected chi connectivity index (χ0v) is 18.6. The van der Waals surface area contributed by atoms with Crippen LogP contribution in [0.4, 0.5) is 0 Å². The number of hydrogen-bond acceptors (Lipinski definition) is 7. The summed E-state index contributed by atoms with van der Waals surface area (Å²) in [6, 6.07) is -3.06. The van der Waals surface area contributed by atoms with Crippen LogP contribution in [0.25, 0.3) is 0 Å². The number of nitrogens with one attached hydrogen (secondary N) is 4. The fraction of sp³-hybridized carbons (Fsp3) is 0.650. The monoisotopic (exact) mass is 453 g/mol. The highest BCUT2D eigenvalue weighted by atomic mass is 16.4. The molecule has 1 aromatic heterocycles. The lowest BCUT2D eigenvalue weighted by molar-refractivity contribution is -0.142. The van der Waals surface area contributed by atoms with Gasteiger partial charge in [0.1, 0.15) is 18.1 Å². The maximum Gasteiger partial charge on any atom is 0.326 e. The molecule has 0 aromatic carbocycles. The highest BCUT2D eigenvalue weighted by Gasteiger charge is 2.29. The number of nitrogens with two attached hydrogens (primary N) is 2. The van der Waals surface area contributed by atoms with E-state index in [0.717, 1.165) is 0 Å². The number of unbranched alkanes of at least 4 members (excludes halogenated alkanes) is 1. The summed E-state index contributed by atoms with van der Waals surface area (Å²) < 4.78 is 0. The van der Waals surface area contributed by atoms with Gasteiger partial charge >= 0.3 is 5.97 Å². The third-order valence-corrected chi connectivity index (χ3v) is 4.72. The second-order valence-electron chi connectivity index (χ2n) is 7.98. The zero-order chi connectivity index (χ0) is 24.1. The second kappa shape index (κ2) is 14.1. The molecular formula is C20H35N7O5. The SMILES string of the molecule is CC(C)CC(NC(=O)CN)C(=O)NC(CCCCN)C(=O)NC(Cc1cnc[nH]1)C(=O)O. The van der Waals surface area contributed by atoms with Gasteiger partial charge in [-0.25, -0.2) is 9.78 Å². The Morgan fingerprint density at radius 1 is 1.03 bits per heavy atom. The molecule has 0 bridgehead atoms. The molecule has 9 N–H and O–H groups in total. The van der Waals surface area contributed by atoms with Crippen LogP contribution in [0.15, 0.2) is 12.5 Å². The molecule has 3 amide bonds. The third-order valence-electron chi connectivity index (χ3n) is 4.72. The predicted molar refractivity (Wildman–Crippen MR) is 117 cm³/mol. The molecule has 180 valence electrons. The van der Waals surface area contributed by atoms with Crippen molar-refractivity contribution in [2.75, 3.05) is 13.1 Å². The van der Waals surface area contributed by atoms with Crippen LogP contribution >= 0.6 is 0 Å². The number of aliphatic carboxylic acids is 1. The van der Waals surface area contributed by atoms with E-state index in [1.54, 1.807) is 0 Å². The van der Waals surface area contributed by atoms with Gasteiger partial charge in [0.2, 0.25) is 17.7 Å². The van der Waals surface area contributed by atoms with Crippen LogP contribution in [0.5, 0.6) is 0 Å². The summed E-state index contributed by atoms with van der Waals surface area (Å²) in [5.74, 6) is -2.77. The number of carbonyl (C=O) groups is 4. The van der Waals surface area contributed by atoms with Gasteiger partial charge in [-0.1, -0.05) is 13.8 Å². The minimum atomic E-state index is -1.21. The average Bonchev–Trinajstić information content (AvgIpc) is 3.24. The number of imidazole rings is 1. The summed E-state index contributed by atoms with van der Waals surface area (Å²) in [6.45, 7) is 3.94. The van der Waals surface area contributed by atoms with Gasteiger partial charge < -0.3 is 37.5 Å². The van der Waals surface area contributed by atoms with E-state index in [4.69, 9.17) is 11.5 Å². The largest absolute Gasteiger partial charge is 0.480 e. The number of rotatable bonds is 15. The number of carbonyl (C=O) groups excluding carboxylic acids is 3. The first-order chi connectivity index (χ1) is 15.2. The normalized spacial score (nSPS) is 13.8. The van der Waals surface area contributed by atoms with Gasteiger partial charge in [0.05, 0.1) is 12.9 Å². The van der Waals surface area contributed by atoms with Crippen molar-refractivity contribution in [1.82, 2.24) is 25.9 Å². The minimum absolute atomic E-state index is 0.00702. The molecule has 1 aromatic rings. The number of carboxylic acids is 1. The molecule has 32 heavy (non-hydrogen) atoms. The molecule has 0 fully saturated rings. The summed E-state index contributed by atoms with van der Waals surface area (Å²) in [5, 5.41) is 17.2. The van der Waals surface area contributed by atoms with Crippen LogP contribution in [-0.4, -0.2) is 70.0 Å². The lowest BCUT2D eigenvalue weighted by atomic mass is 10.0. The second-order valence-corrected chi connectivity index (χ2v) is 7.98. The topological polar surface area (TPSA) is 205 Å². The predicted octanol–water partition coefficient (Wildman–Crippen LogP) is -1.37. The first-order valence-corrected chi connectivity index (χ1v) is 10.7. The van der Waals surface area contributed by atoms with Gasteiger partial charge in [-0.05, 0) is 38.1 Å². The highest BCUT2D eigenvalue weighted by Crippen LogP contribution is 2.08. The van der Waals surface area contributed by atoms with Crippen LogP contribution in [-0.2, 0) is 25.6 Å². The molecule has 0 radical (unpaired) electrons. The van der Waals surface area contributed by atoms with Crippen molar-refractivity contribution in [3.63, 3.8) is 0 Å². The molecule has 12 nitrogen and oxygen atoms in total. The summed E-state index contributed by atoms with van der Waals surface area (Å²) in [4.78, 5) is 55.7. The van der Waals surface area contributed by atoms with Crippen molar-refractivity contribution in [3.05, 3.63) is 18.2 Å². The lowest BCUT2D eigenvalue weighted by Crippen LogP contribution is -2.56. The van der Waals surface area contributed by atoms with Crippen LogP contribution in [0.3, 0.4) is 0 Å². The standard InChI is InChI=1S/C20H35N7O5/c1-12(2)7-15(25-17(28)9-22)19(30)26-14(5-3-4-6-21)18(29)27-16(20(31)32)8-13-10-23-11-24-13/h10-12,14-16H,3-9,21-22H2,1-2H3,(H,23,24)(H,25,28)(H,26,30)(H,27,29)(H,31,32). The number of nitrogens with zero attached hydrogens (tertiary/aromatic N) is 1. The highest BCUT2D eigenvalue weighted by molar-refractivity contribution is 5.93. The van der Waals surface area contributed by atoms with E-state index in [2.05, 4.69) is 25.9 Å². The van der Waals surface area contributed by atoms with Crippen molar-refractivity contribution in [3.8, 4) is 0 Å². The maximum atomic E-state index is 12.9. The van der Waals surface area contributed by atoms with Gasteiger partial charge in [0.25, 0.3) is 0 Å². The third kappa shape index (κ3) is 9.88. The molecular weight excluding hydrogens is 418 g/mol. The Labute approximate surface area is 187 Å². The Morgan fingerprint density at radius 3 is 2.22 bits per heavy atom. The Bertz CT molecular complexity index is 739. The average molecular weight is 454 g/mol. The van der Waals surface area contributed by atoms with E-state index >= 15 is 0 Å². The fourth-order valence-electron chi connectivity index (χ4n) is 3.08. The molecule has 3 unspecified atom stereocenters. The quantitative estimate of drug-likeness (QED) is 0.157. The Morgan fingerprint density at radius 2 is 1.69 bits per heavy atom. The molecule has 3 atom stereocenters. The first-order valence-electron chi connectivity index (χ1n) is 10.7. The van der Waals surface area contributed by atoms with E-state index in [-0.39, 0.29) is 25.3 Å². The molecule has 0 aliphatic carbocycles. The van der Waals surface area contributed by atoms with Crippen LogP contribution in [0, 0.1) is 5.92 Å². The number of amides is 3. The van der Waals surface area contributed by atoms with Crippen LogP contribution in [0.1, 0.15) is 45.2 Å². The lowest BCUT2D eigenvalue weighted by Gasteiger charge is -2.25. The Hall–Kier alpha value is -2.99. The summed E-state index contributed by atoms with van der Waals surface area (Å²) in [5.41, 5.74) is 11.4. The maximum absolute atomic E-state index is 12.9. The van der Waals surface area contributed by atoms with E-state index in [1.165, 1.54) is 12.5 Å². The summed E-state index contributed by atoms with van der Waals surface area (Å²) in [6.07, 6.45) is 4.70.